The Morgan fingerprint density at radius 2 is 1.62 bits per heavy atom. The Morgan fingerprint density at radius 3 is 2.34 bits per heavy atom. The Kier molecular flexibility index (Phi) is 12.9. The molecule has 1 aliphatic carbocycles. The third-order valence-corrected chi connectivity index (χ3v) is 14.1. The molecule has 3 saturated heterocycles. The quantitative estimate of drug-likeness (QED) is 0.268. The van der Waals surface area contributed by atoms with Gasteiger partial charge < -0.3 is 24.6 Å². The van der Waals surface area contributed by atoms with E-state index < -0.39 is 50.7 Å². The molecule has 58 heavy (non-hydrogen) atoms. The Labute approximate surface area is 341 Å². The summed E-state index contributed by atoms with van der Waals surface area (Å²) in [5.74, 6) is -1.15. The second kappa shape index (κ2) is 18.0. The molecule has 4 atom stereocenters. The summed E-state index contributed by atoms with van der Waals surface area (Å²) in [6, 6.07) is 16.1. The van der Waals surface area contributed by atoms with Crippen molar-refractivity contribution in [2.24, 2.45) is 5.92 Å². The number of aromatic nitrogens is 1. The molecule has 4 amide bonds. The van der Waals surface area contributed by atoms with Gasteiger partial charge in [0.15, 0.2) is 0 Å². The van der Waals surface area contributed by atoms with Crippen LogP contribution in [0.2, 0.25) is 0 Å². The topological polar surface area (TPSA) is 164 Å². The van der Waals surface area contributed by atoms with Crippen LogP contribution in [0.5, 0.6) is 11.5 Å². The number of likely N-dealkylation sites (tertiary alicyclic amines) is 1. The van der Waals surface area contributed by atoms with Gasteiger partial charge in [0.05, 0.1) is 30.1 Å². The number of rotatable bonds is 9. The van der Waals surface area contributed by atoms with Gasteiger partial charge in [-0.2, -0.15) is 0 Å². The van der Waals surface area contributed by atoms with Gasteiger partial charge in [0.2, 0.25) is 27.7 Å². The van der Waals surface area contributed by atoms with Gasteiger partial charge in [-0.25, -0.2) is 13.4 Å². The van der Waals surface area contributed by atoms with E-state index in [0.717, 1.165) is 62.3 Å². The largest absolute Gasteiger partial charge is 0.497 e. The minimum Gasteiger partial charge on any atom is -0.497 e. The molecule has 7 rings (SSSR count). The summed E-state index contributed by atoms with van der Waals surface area (Å²) in [5.41, 5.74) is 0.656. The van der Waals surface area contributed by atoms with Gasteiger partial charge >= 0.3 is 0 Å². The average Bonchev–Trinajstić information content (AvgIpc) is 4.02. The highest BCUT2D eigenvalue weighted by Gasteiger charge is 2.47. The first-order valence-corrected chi connectivity index (χ1v) is 22.7. The summed E-state index contributed by atoms with van der Waals surface area (Å²) in [6.07, 6.45) is 9.08. The first-order chi connectivity index (χ1) is 27.9. The SMILES string of the molecule is COc1ccc2c(O[C@@H]3C[C@H]4C(=O)N[C@@](C)(C(=O)NS(=O)(=O)C5CC5)CCCCCCCC[C@@H](CC(=O)N5CCCCC5)C(=O)N4C3)cc(-c3ccccc3)nc2c1. The zero-order valence-corrected chi connectivity index (χ0v) is 34.6. The molecule has 4 heterocycles. The van der Waals surface area contributed by atoms with Crippen molar-refractivity contribution < 1.29 is 37.1 Å². The Balaban J connectivity index is 1.22. The van der Waals surface area contributed by atoms with Crippen molar-refractivity contribution in [3.8, 4) is 22.8 Å². The summed E-state index contributed by atoms with van der Waals surface area (Å²) >= 11 is 0. The van der Waals surface area contributed by atoms with Gasteiger partial charge in [-0.1, -0.05) is 68.9 Å². The minimum atomic E-state index is -3.89. The molecule has 14 heteroatoms. The lowest BCUT2D eigenvalue weighted by Crippen LogP contribution is -2.61. The number of piperidine rings is 1. The number of hydrogen-bond acceptors (Lipinski definition) is 9. The normalized spacial score (nSPS) is 25.2. The fraction of sp³-hybridized carbons (Fsp3) is 0.568. The number of nitrogens with one attached hydrogen (secondary N) is 2. The van der Waals surface area contributed by atoms with E-state index in [9.17, 15) is 27.6 Å². The molecule has 0 radical (unpaired) electrons. The first kappa shape index (κ1) is 41.4. The number of hydrogen-bond donors (Lipinski definition) is 2. The van der Waals surface area contributed by atoms with Crippen molar-refractivity contribution >= 4 is 44.6 Å². The summed E-state index contributed by atoms with van der Waals surface area (Å²) in [6.45, 7) is 3.00. The molecule has 2 aromatic carbocycles. The van der Waals surface area contributed by atoms with Crippen LogP contribution >= 0.6 is 0 Å². The lowest BCUT2D eigenvalue weighted by atomic mass is 9.92. The fourth-order valence-corrected chi connectivity index (χ4v) is 10.0. The van der Waals surface area contributed by atoms with Gasteiger partial charge in [-0.05, 0) is 64.0 Å². The van der Waals surface area contributed by atoms with Crippen LogP contribution in [0, 0.1) is 5.92 Å². The lowest BCUT2D eigenvalue weighted by Gasteiger charge is -2.34. The zero-order chi connectivity index (χ0) is 40.9. The Hall–Kier alpha value is -4.72. The van der Waals surface area contributed by atoms with E-state index >= 15 is 0 Å². The van der Waals surface area contributed by atoms with Crippen LogP contribution in [0.4, 0.5) is 0 Å². The molecule has 2 N–H and O–H groups in total. The molecule has 0 bridgehead atoms. The summed E-state index contributed by atoms with van der Waals surface area (Å²) in [5, 5.41) is 3.05. The van der Waals surface area contributed by atoms with Crippen molar-refractivity contribution in [3.63, 3.8) is 0 Å². The van der Waals surface area contributed by atoms with Crippen molar-refractivity contribution in [1.82, 2.24) is 24.8 Å². The van der Waals surface area contributed by atoms with Crippen molar-refractivity contribution in [3.05, 3.63) is 54.6 Å². The molecule has 4 aliphatic rings. The lowest BCUT2D eigenvalue weighted by molar-refractivity contribution is -0.146. The minimum absolute atomic E-state index is 0.0443. The molecular formula is C44H57N5O8S. The highest BCUT2D eigenvalue weighted by atomic mass is 32.2. The highest BCUT2D eigenvalue weighted by Crippen LogP contribution is 2.36. The second-order valence-electron chi connectivity index (χ2n) is 16.7. The molecule has 3 aromatic rings. The molecule has 1 aromatic heterocycles. The number of carbonyl (C=O) groups is 4. The number of pyridine rings is 1. The van der Waals surface area contributed by atoms with Crippen LogP contribution < -0.4 is 19.5 Å². The van der Waals surface area contributed by atoms with Gasteiger partial charge in [0.25, 0.3) is 5.91 Å². The Morgan fingerprint density at radius 1 is 0.914 bits per heavy atom. The molecule has 312 valence electrons. The van der Waals surface area contributed by atoms with Crippen molar-refractivity contribution in [1.29, 1.82) is 0 Å². The number of fused-ring (bicyclic) bond motifs is 2. The number of benzene rings is 2. The molecule has 1 saturated carbocycles. The van der Waals surface area contributed by atoms with Gasteiger partial charge in [0, 0.05) is 54.9 Å². The Bertz CT molecular complexity index is 2090. The number of ether oxygens (including phenoxy) is 2. The summed E-state index contributed by atoms with van der Waals surface area (Å²) in [4.78, 5) is 65.3. The molecule has 3 aliphatic heterocycles. The predicted molar refractivity (Wildman–Crippen MR) is 220 cm³/mol. The maximum atomic E-state index is 14.9. The monoisotopic (exact) mass is 815 g/mol. The van der Waals surface area contributed by atoms with E-state index in [0.29, 0.717) is 61.5 Å². The zero-order valence-electron chi connectivity index (χ0n) is 33.7. The molecule has 4 fully saturated rings. The van der Waals surface area contributed by atoms with E-state index in [2.05, 4.69) is 10.0 Å². The number of amides is 4. The standard InChI is InChI=1S/C44H57N5O8S/c1-44(43(53)47-58(54,55)34-19-20-34)22-12-6-4-3-5-9-17-31(25-40(50)48-23-13-8-14-24-48)42(52)49-29-33(27-38(49)41(51)46-44)57-39-28-36(30-15-10-7-11-16-30)45-37-26-32(56-2)18-21-35(37)39/h7,10-11,15-16,18,21,26,28,31,33-34,38H,3-6,8-9,12-14,17,19-20,22-25,27,29H2,1-2H3,(H,46,51)(H,47,53)/t31-,33+,38-,44+/m0/s1. The maximum Gasteiger partial charge on any atom is 0.258 e. The number of sulfonamides is 1. The summed E-state index contributed by atoms with van der Waals surface area (Å²) < 4.78 is 40.4. The van der Waals surface area contributed by atoms with Crippen molar-refractivity contribution in [2.75, 3.05) is 26.7 Å². The highest BCUT2D eigenvalue weighted by molar-refractivity contribution is 7.91. The smallest absolute Gasteiger partial charge is 0.258 e. The molecule has 13 nitrogen and oxygen atoms in total. The maximum absolute atomic E-state index is 14.9. The molecule has 0 spiro atoms. The van der Waals surface area contributed by atoms with Gasteiger partial charge in [-0.15, -0.1) is 0 Å². The van der Waals surface area contributed by atoms with Crippen LogP contribution in [0.25, 0.3) is 22.2 Å². The van der Waals surface area contributed by atoms with Crippen LogP contribution in [0.3, 0.4) is 0 Å². The van der Waals surface area contributed by atoms with E-state index in [1.165, 1.54) is 4.90 Å². The third kappa shape index (κ3) is 9.76. The number of methoxy groups -OCH3 is 1. The van der Waals surface area contributed by atoms with Crippen LogP contribution in [0.15, 0.2) is 54.6 Å². The van der Waals surface area contributed by atoms with Crippen LogP contribution in [-0.2, 0) is 29.2 Å². The predicted octanol–water partition coefficient (Wildman–Crippen LogP) is 5.90. The van der Waals surface area contributed by atoms with Crippen molar-refractivity contribution in [2.45, 2.75) is 126 Å². The van der Waals surface area contributed by atoms with Crippen LogP contribution in [-0.4, -0.2) is 96.5 Å². The summed E-state index contributed by atoms with van der Waals surface area (Å²) in [7, 11) is -2.29. The van der Waals surface area contributed by atoms with E-state index in [1.54, 1.807) is 14.0 Å². The first-order valence-electron chi connectivity index (χ1n) is 21.1. The third-order valence-electron chi connectivity index (χ3n) is 12.2. The van der Waals surface area contributed by atoms with Gasteiger partial charge in [0.1, 0.15) is 29.2 Å². The molecular weight excluding hydrogens is 759 g/mol. The van der Waals surface area contributed by atoms with E-state index in [4.69, 9.17) is 14.5 Å². The van der Waals surface area contributed by atoms with Gasteiger partial charge in [-0.3, -0.25) is 23.9 Å². The second-order valence-corrected chi connectivity index (χ2v) is 18.7. The van der Waals surface area contributed by atoms with E-state index in [1.807, 2.05) is 59.5 Å². The van der Waals surface area contributed by atoms with Crippen LogP contribution in [0.1, 0.15) is 103 Å². The van der Waals surface area contributed by atoms with E-state index in [-0.39, 0.29) is 37.6 Å². The number of carbonyl (C=O) groups excluding carboxylic acids is 4. The fourth-order valence-electron chi connectivity index (χ4n) is 8.61. The molecule has 0 unspecified atom stereocenters. The average molecular weight is 816 g/mol. The number of nitrogens with zero attached hydrogens (tertiary/aromatic N) is 3.